The summed E-state index contributed by atoms with van der Waals surface area (Å²) in [5, 5.41) is 2.30. The number of ketones is 1. The lowest BCUT2D eigenvalue weighted by molar-refractivity contribution is -0.142. The van der Waals surface area contributed by atoms with Crippen LogP contribution in [0.2, 0.25) is 0 Å². The smallest absolute Gasteiger partial charge is 0.302 e. The lowest BCUT2D eigenvalue weighted by atomic mass is 10.0. The zero-order valence-electron chi connectivity index (χ0n) is 23.2. The average Bonchev–Trinajstić information content (AvgIpc) is 2.89. The summed E-state index contributed by atoms with van der Waals surface area (Å²) in [7, 11) is 0. The number of carbonyl (C=O) groups excluding carboxylic acids is 2. The minimum atomic E-state index is -0.294. The van der Waals surface area contributed by atoms with Gasteiger partial charge in [0.25, 0.3) is 0 Å². The van der Waals surface area contributed by atoms with E-state index in [4.69, 9.17) is 14.2 Å². The SMILES string of the molecule is CCCCCCCCCCCCCC(=O)CCOCc1ccc2ccc(COCCOC(C)=O)cc2c1. The molecule has 0 radical (unpaired) electrons. The summed E-state index contributed by atoms with van der Waals surface area (Å²) in [6.07, 6.45) is 15.5. The van der Waals surface area contributed by atoms with Crippen LogP contribution in [0.4, 0.5) is 0 Å². The van der Waals surface area contributed by atoms with E-state index >= 15 is 0 Å². The average molecular weight is 513 g/mol. The van der Waals surface area contributed by atoms with Crippen molar-refractivity contribution in [1.82, 2.24) is 0 Å². The monoisotopic (exact) mass is 512 g/mol. The summed E-state index contributed by atoms with van der Waals surface area (Å²) in [4.78, 5) is 23.0. The van der Waals surface area contributed by atoms with Gasteiger partial charge >= 0.3 is 5.97 Å². The molecule has 0 fully saturated rings. The van der Waals surface area contributed by atoms with Crippen LogP contribution in [0, 0.1) is 0 Å². The maximum absolute atomic E-state index is 12.2. The van der Waals surface area contributed by atoms with Crippen LogP contribution in [0.5, 0.6) is 0 Å². The Hall–Kier alpha value is -2.24. The van der Waals surface area contributed by atoms with Gasteiger partial charge in [0.05, 0.1) is 26.4 Å². The first-order valence-corrected chi connectivity index (χ1v) is 14.4. The van der Waals surface area contributed by atoms with Gasteiger partial charge in [-0.15, -0.1) is 0 Å². The third-order valence-electron chi connectivity index (χ3n) is 6.62. The van der Waals surface area contributed by atoms with Gasteiger partial charge in [0.1, 0.15) is 12.4 Å². The van der Waals surface area contributed by atoms with Crippen molar-refractivity contribution in [3.8, 4) is 0 Å². The molecule has 37 heavy (non-hydrogen) atoms. The summed E-state index contributed by atoms with van der Waals surface area (Å²) < 4.78 is 16.3. The Bertz CT molecular complexity index is 907. The molecule has 0 unspecified atom stereocenters. The van der Waals surface area contributed by atoms with Gasteiger partial charge in [-0.3, -0.25) is 9.59 Å². The van der Waals surface area contributed by atoms with E-state index in [0.29, 0.717) is 45.1 Å². The molecule has 0 bridgehead atoms. The van der Waals surface area contributed by atoms with Gasteiger partial charge in [0.2, 0.25) is 0 Å². The quantitative estimate of drug-likeness (QED) is 0.118. The molecule has 2 rings (SSSR count). The second kappa shape index (κ2) is 19.8. The summed E-state index contributed by atoms with van der Waals surface area (Å²) in [6, 6.07) is 12.5. The number of hydrogen-bond acceptors (Lipinski definition) is 5. The molecule has 0 spiro atoms. The minimum absolute atomic E-state index is 0.270. The number of unbranched alkanes of at least 4 members (excludes halogenated alkanes) is 10. The fraction of sp³-hybridized carbons (Fsp3) is 0.625. The largest absolute Gasteiger partial charge is 0.463 e. The first-order chi connectivity index (χ1) is 18.1. The highest BCUT2D eigenvalue weighted by molar-refractivity contribution is 5.83. The van der Waals surface area contributed by atoms with Crippen molar-refractivity contribution < 1.29 is 23.8 Å². The molecule has 0 saturated carbocycles. The molecule has 0 amide bonds. The van der Waals surface area contributed by atoms with Crippen molar-refractivity contribution in [1.29, 1.82) is 0 Å². The van der Waals surface area contributed by atoms with Gasteiger partial charge in [-0.2, -0.15) is 0 Å². The van der Waals surface area contributed by atoms with Gasteiger partial charge in [-0.05, 0) is 40.5 Å². The molecule has 0 N–H and O–H groups in total. The molecule has 2 aromatic carbocycles. The van der Waals surface area contributed by atoms with Crippen LogP contribution < -0.4 is 0 Å². The van der Waals surface area contributed by atoms with Crippen LogP contribution in [-0.4, -0.2) is 31.6 Å². The van der Waals surface area contributed by atoms with E-state index in [-0.39, 0.29) is 12.6 Å². The topological polar surface area (TPSA) is 61.8 Å². The fourth-order valence-electron chi connectivity index (χ4n) is 4.45. The van der Waals surface area contributed by atoms with Crippen LogP contribution in [-0.2, 0) is 37.0 Å². The fourth-order valence-corrected chi connectivity index (χ4v) is 4.45. The highest BCUT2D eigenvalue weighted by Crippen LogP contribution is 2.19. The van der Waals surface area contributed by atoms with E-state index in [1.165, 1.54) is 71.1 Å². The standard InChI is InChI=1S/C32H48O5/c1-3-4-5-6-7-8-9-10-11-12-13-14-32(34)19-20-35-25-28-15-17-30-18-16-29(24-31(30)23-28)26-36-21-22-37-27(2)33/h15-18,23-24H,3-14,19-22,25-26H2,1-2H3. The predicted molar refractivity (Wildman–Crippen MR) is 151 cm³/mol. The molecule has 0 aliphatic carbocycles. The van der Waals surface area contributed by atoms with E-state index in [1.807, 2.05) is 6.07 Å². The van der Waals surface area contributed by atoms with Crippen LogP contribution in [0.15, 0.2) is 36.4 Å². The number of carbonyl (C=O) groups is 2. The summed E-state index contributed by atoms with van der Waals surface area (Å²) in [5.74, 6) is 0.0190. The number of Topliss-reactive ketones (excluding diaryl/α,β-unsaturated/α-hetero) is 1. The highest BCUT2D eigenvalue weighted by atomic mass is 16.6. The zero-order valence-corrected chi connectivity index (χ0v) is 23.2. The Kier molecular flexibility index (Phi) is 16.6. The van der Waals surface area contributed by atoms with Crippen molar-refractivity contribution in [3.05, 3.63) is 47.5 Å². The number of ether oxygens (including phenoxy) is 3. The van der Waals surface area contributed by atoms with Crippen LogP contribution >= 0.6 is 0 Å². The second-order valence-electron chi connectivity index (χ2n) is 10.0. The Morgan fingerprint density at radius 1 is 0.622 bits per heavy atom. The number of hydrogen-bond donors (Lipinski definition) is 0. The number of benzene rings is 2. The summed E-state index contributed by atoms with van der Waals surface area (Å²) in [6.45, 7) is 5.75. The van der Waals surface area contributed by atoms with Gasteiger partial charge in [-0.1, -0.05) is 95.4 Å². The molecule has 0 saturated heterocycles. The van der Waals surface area contributed by atoms with Gasteiger partial charge in [0, 0.05) is 19.8 Å². The molecule has 0 aliphatic heterocycles. The van der Waals surface area contributed by atoms with E-state index in [1.54, 1.807) is 0 Å². The van der Waals surface area contributed by atoms with Crippen molar-refractivity contribution >= 4 is 22.5 Å². The first-order valence-electron chi connectivity index (χ1n) is 14.4. The molecule has 0 atom stereocenters. The Balaban J connectivity index is 1.54. The Labute approximate surface area is 224 Å². The van der Waals surface area contributed by atoms with Crippen molar-refractivity contribution in [2.24, 2.45) is 0 Å². The predicted octanol–water partition coefficient (Wildman–Crippen LogP) is 8.10. The molecule has 2 aromatic rings. The molecular weight excluding hydrogens is 464 g/mol. The van der Waals surface area contributed by atoms with Crippen LogP contribution in [0.25, 0.3) is 10.8 Å². The van der Waals surface area contributed by atoms with E-state index < -0.39 is 0 Å². The Morgan fingerprint density at radius 3 is 1.73 bits per heavy atom. The summed E-state index contributed by atoms with van der Waals surface area (Å²) in [5.41, 5.74) is 2.17. The van der Waals surface area contributed by atoms with Gasteiger partial charge < -0.3 is 14.2 Å². The lowest BCUT2D eigenvalue weighted by Gasteiger charge is -2.08. The molecular formula is C32H48O5. The molecule has 0 aliphatic rings. The normalized spacial score (nSPS) is 11.2. The molecule has 0 heterocycles. The number of esters is 1. The molecule has 0 aromatic heterocycles. The third kappa shape index (κ3) is 14.9. The zero-order chi connectivity index (χ0) is 26.6. The van der Waals surface area contributed by atoms with E-state index in [9.17, 15) is 9.59 Å². The number of rotatable bonds is 22. The van der Waals surface area contributed by atoms with E-state index in [2.05, 4.69) is 37.3 Å². The highest BCUT2D eigenvalue weighted by Gasteiger charge is 2.04. The second-order valence-corrected chi connectivity index (χ2v) is 10.0. The lowest BCUT2D eigenvalue weighted by Crippen LogP contribution is -2.07. The Morgan fingerprint density at radius 2 is 1.16 bits per heavy atom. The van der Waals surface area contributed by atoms with Crippen molar-refractivity contribution in [3.63, 3.8) is 0 Å². The van der Waals surface area contributed by atoms with Crippen LogP contribution in [0.1, 0.15) is 108 Å². The number of fused-ring (bicyclic) bond motifs is 1. The maximum Gasteiger partial charge on any atom is 0.302 e. The minimum Gasteiger partial charge on any atom is -0.463 e. The maximum atomic E-state index is 12.2. The van der Waals surface area contributed by atoms with Gasteiger partial charge in [0.15, 0.2) is 0 Å². The van der Waals surface area contributed by atoms with E-state index in [0.717, 1.165) is 28.3 Å². The summed E-state index contributed by atoms with van der Waals surface area (Å²) >= 11 is 0. The van der Waals surface area contributed by atoms with Crippen molar-refractivity contribution in [2.75, 3.05) is 19.8 Å². The molecule has 206 valence electrons. The molecule has 5 heteroatoms. The third-order valence-corrected chi connectivity index (χ3v) is 6.62. The van der Waals surface area contributed by atoms with Crippen molar-refractivity contribution in [2.45, 2.75) is 111 Å². The van der Waals surface area contributed by atoms with Gasteiger partial charge in [-0.25, -0.2) is 0 Å². The van der Waals surface area contributed by atoms with Crippen LogP contribution in [0.3, 0.4) is 0 Å². The first kappa shape index (κ1) is 31.0. The molecule has 5 nitrogen and oxygen atoms in total.